The first kappa shape index (κ1) is 25.8. The zero-order valence-electron chi connectivity index (χ0n) is 20.7. The summed E-state index contributed by atoms with van der Waals surface area (Å²) < 4.78 is 9.33. The maximum atomic E-state index is 12.5. The Bertz CT molecular complexity index is 1340. The van der Waals surface area contributed by atoms with Crippen LogP contribution >= 0.6 is 0 Å². The molecule has 0 atom stereocenters. The third-order valence-corrected chi connectivity index (χ3v) is 5.76. The van der Waals surface area contributed by atoms with Crippen LogP contribution in [0.15, 0.2) is 97.1 Å². The maximum absolute atomic E-state index is 12.5. The SMILES string of the molecule is COC(=O)c1ccc(C(=O)Nc2ccc(-c3ccc(NC(=O)c4ccc(C(=O)OC)cc4)cc3)cc2)cc1. The summed E-state index contributed by atoms with van der Waals surface area (Å²) in [6.45, 7) is 0. The highest BCUT2D eigenvalue weighted by atomic mass is 16.5. The molecule has 190 valence electrons. The summed E-state index contributed by atoms with van der Waals surface area (Å²) in [7, 11) is 2.60. The smallest absolute Gasteiger partial charge is 0.337 e. The summed E-state index contributed by atoms with van der Waals surface area (Å²) in [5.41, 5.74) is 4.68. The van der Waals surface area contributed by atoms with Gasteiger partial charge in [0.2, 0.25) is 0 Å². The van der Waals surface area contributed by atoms with Crippen LogP contribution in [0.3, 0.4) is 0 Å². The number of hydrogen-bond acceptors (Lipinski definition) is 6. The van der Waals surface area contributed by atoms with E-state index in [2.05, 4.69) is 20.1 Å². The summed E-state index contributed by atoms with van der Waals surface area (Å²) in [6, 6.07) is 27.1. The van der Waals surface area contributed by atoms with Crippen molar-refractivity contribution in [2.75, 3.05) is 24.9 Å². The molecule has 2 amide bonds. The minimum Gasteiger partial charge on any atom is -0.465 e. The summed E-state index contributed by atoms with van der Waals surface area (Å²) in [5.74, 6) is -1.52. The average molecular weight is 509 g/mol. The number of ether oxygens (including phenoxy) is 2. The van der Waals surface area contributed by atoms with Crippen molar-refractivity contribution in [3.8, 4) is 11.1 Å². The van der Waals surface area contributed by atoms with Gasteiger partial charge in [0.15, 0.2) is 0 Å². The van der Waals surface area contributed by atoms with E-state index in [1.165, 1.54) is 38.5 Å². The minimum absolute atomic E-state index is 0.297. The van der Waals surface area contributed by atoms with Crippen molar-refractivity contribution in [3.05, 3.63) is 119 Å². The molecule has 0 aliphatic heterocycles. The van der Waals surface area contributed by atoms with Crippen LogP contribution in [0.4, 0.5) is 11.4 Å². The third kappa shape index (κ3) is 6.11. The van der Waals surface area contributed by atoms with Gasteiger partial charge in [0, 0.05) is 22.5 Å². The van der Waals surface area contributed by atoms with Gasteiger partial charge in [-0.1, -0.05) is 24.3 Å². The number of carbonyl (C=O) groups excluding carboxylic acids is 4. The first-order chi connectivity index (χ1) is 18.4. The number of rotatable bonds is 7. The van der Waals surface area contributed by atoms with Gasteiger partial charge in [0.25, 0.3) is 11.8 Å². The van der Waals surface area contributed by atoms with Crippen LogP contribution in [0.1, 0.15) is 41.4 Å². The van der Waals surface area contributed by atoms with E-state index in [-0.39, 0.29) is 11.8 Å². The maximum Gasteiger partial charge on any atom is 0.337 e. The lowest BCUT2D eigenvalue weighted by Crippen LogP contribution is -2.12. The lowest BCUT2D eigenvalue weighted by Gasteiger charge is -2.09. The highest BCUT2D eigenvalue weighted by Crippen LogP contribution is 2.24. The number of anilines is 2. The van der Waals surface area contributed by atoms with Crippen LogP contribution in [0.5, 0.6) is 0 Å². The van der Waals surface area contributed by atoms with Gasteiger partial charge in [0.05, 0.1) is 25.3 Å². The van der Waals surface area contributed by atoms with Crippen molar-refractivity contribution in [1.82, 2.24) is 0 Å². The first-order valence-corrected chi connectivity index (χ1v) is 11.6. The molecular formula is C30H24N2O6. The fourth-order valence-electron chi connectivity index (χ4n) is 3.65. The monoisotopic (exact) mass is 508 g/mol. The number of hydrogen-bond donors (Lipinski definition) is 2. The molecule has 0 spiro atoms. The largest absolute Gasteiger partial charge is 0.465 e. The number of methoxy groups -OCH3 is 2. The molecule has 4 aromatic rings. The Morgan fingerprint density at radius 2 is 0.737 bits per heavy atom. The van der Waals surface area contributed by atoms with E-state index in [1.54, 1.807) is 48.5 Å². The predicted octanol–water partition coefficient (Wildman–Crippen LogP) is 5.43. The summed E-state index contributed by atoms with van der Waals surface area (Å²) >= 11 is 0. The van der Waals surface area contributed by atoms with Gasteiger partial charge in [-0.25, -0.2) is 9.59 Å². The molecule has 0 bridgehead atoms. The fourth-order valence-corrected chi connectivity index (χ4v) is 3.65. The molecule has 0 unspecified atom stereocenters. The number of benzene rings is 4. The molecule has 2 N–H and O–H groups in total. The van der Waals surface area contributed by atoms with Crippen LogP contribution in [0.25, 0.3) is 11.1 Å². The molecule has 0 saturated carbocycles. The second-order valence-electron chi connectivity index (χ2n) is 8.20. The highest BCUT2D eigenvalue weighted by Gasteiger charge is 2.11. The van der Waals surface area contributed by atoms with Crippen molar-refractivity contribution in [2.45, 2.75) is 0 Å². The van der Waals surface area contributed by atoms with Crippen LogP contribution in [0.2, 0.25) is 0 Å². The van der Waals surface area contributed by atoms with Crippen LogP contribution in [0, 0.1) is 0 Å². The van der Waals surface area contributed by atoms with E-state index in [0.29, 0.717) is 33.6 Å². The van der Waals surface area contributed by atoms with Gasteiger partial charge in [-0.05, 0) is 83.9 Å². The van der Waals surface area contributed by atoms with E-state index >= 15 is 0 Å². The van der Waals surface area contributed by atoms with Crippen molar-refractivity contribution in [1.29, 1.82) is 0 Å². The van der Waals surface area contributed by atoms with Crippen LogP contribution < -0.4 is 10.6 Å². The molecule has 0 heterocycles. The van der Waals surface area contributed by atoms with Crippen molar-refractivity contribution < 1.29 is 28.7 Å². The second kappa shape index (κ2) is 11.7. The molecule has 38 heavy (non-hydrogen) atoms. The van der Waals surface area contributed by atoms with E-state index in [0.717, 1.165) is 11.1 Å². The number of amides is 2. The lowest BCUT2D eigenvalue weighted by molar-refractivity contribution is 0.0592. The number of nitrogens with one attached hydrogen (secondary N) is 2. The van der Waals surface area contributed by atoms with E-state index in [1.807, 2.05) is 24.3 Å². The summed E-state index contributed by atoms with van der Waals surface area (Å²) in [6.07, 6.45) is 0. The fraction of sp³-hybridized carbons (Fsp3) is 0.0667. The third-order valence-electron chi connectivity index (χ3n) is 5.76. The quantitative estimate of drug-likeness (QED) is 0.322. The molecule has 0 radical (unpaired) electrons. The zero-order valence-corrected chi connectivity index (χ0v) is 20.7. The Labute approximate surface area is 219 Å². The Balaban J connectivity index is 1.36. The van der Waals surface area contributed by atoms with Gasteiger partial charge in [-0.15, -0.1) is 0 Å². The first-order valence-electron chi connectivity index (χ1n) is 11.6. The standard InChI is InChI=1S/C30H24N2O6/c1-37-29(35)23-7-3-21(4-8-23)27(33)31-25-15-11-19(12-16-25)20-13-17-26(18-14-20)32-28(34)22-5-9-24(10-6-22)30(36)38-2/h3-18H,1-2H3,(H,31,33)(H,32,34). The molecule has 0 aliphatic rings. The van der Waals surface area contributed by atoms with Crippen molar-refractivity contribution in [3.63, 3.8) is 0 Å². The van der Waals surface area contributed by atoms with Gasteiger partial charge in [0.1, 0.15) is 0 Å². The van der Waals surface area contributed by atoms with Gasteiger partial charge in [-0.2, -0.15) is 0 Å². The molecule has 8 nitrogen and oxygen atoms in total. The Hall–Kier alpha value is -5.24. The molecule has 0 fully saturated rings. The molecule has 4 rings (SSSR count). The molecule has 8 heteroatoms. The normalized spacial score (nSPS) is 10.3. The molecule has 4 aromatic carbocycles. The van der Waals surface area contributed by atoms with E-state index in [4.69, 9.17) is 0 Å². The Morgan fingerprint density at radius 3 is 1.03 bits per heavy atom. The second-order valence-corrected chi connectivity index (χ2v) is 8.20. The minimum atomic E-state index is -0.463. The molecule has 0 aromatic heterocycles. The highest BCUT2D eigenvalue weighted by molar-refractivity contribution is 6.05. The van der Waals surface area contributed by atoms with Gasteiger partial charge < -0.3 is 20.1 Å². The Kier molecular flexibility index (Phi) is 7.93. The molecule has 0 saturated heterocycles. The summed E-state index contributed by atoms with van der Waals surface area (Å²) in [4.78, 5) is 48.1. The van der Waals surface area contributed by atoms with Crippen LogP contribution in [-0.4, -0.2) is 38.0 Å². The zero-order chi connectivity index (χ0) is 27.1. The molecular weight excluding hydrogens is 484 g/mol. The number of carbonyl (C=O) groups is 4. The van der Waals surface area contributed by atoms with E-state index < -0.39 is 11.9 Å². The van der Waals surface area contributed by atoms with Crippen molar-refractivity contribution >= 4 is 35.1 Å². The number of esters is 2. The molecule has 0 aliphatic carbocycles. The predicted molar refractivity (Wildman–Crippen MR) is 143 cm³/mol. The average Bonchev–Trinajstić information content (AvgIpc) is 2.97. The lowest BCUT2D eigenvalue weighted by atomic mass is 10.0. The van der Waals surface area contributed by atoms with Gasteiger partial charge >= 0.3 is 11.9 Å². The topological polar surface area (TPSA) is 111 Å². The van der Waals surface area contributed by atoms with E-state index in [9.17, 15) is 19.2 Å². The Morgan fingerprint density at radius 1 is 0.447 bits per heavy atom. The van der Waals surface area contributed by atoms with Gasteiger partial charge in [-0.3, -0.25) is 9.59 Å². The summed E-state index contributed by atoms with van der Waals surface area (Å²) in [5, 5.41) is 5.66. The van der Waals surface area contributed by atoms with Crippen molar-refractivity contribution in [2.24, 2.45) is 0 Å². The van der Waals surface area contributed by atoms with Crippen LogP contribution in [-0.2, 0) is 9.47 Å².